The zero-order valence-corrected chi connectivity index (χ0v) is 28.0. The van der Waals surface area contributed by atoms with Crippen molar-refractivity contribution in [3.63, 3.8) is 0 Å². The molecular formula is C32H43ClN6O4S. The molecule has 5 heterocycles. The number of nitrogens with one attached hydrogen (secondary N) is 2. The number of carbonyl (C=O) groups is 1. The number of fused-ring (bicyclic) bond motifs is 6. The van der Waals surface area contributed by atoms with Gasteiger partial charge in [-0.25, -0.2) is 14.7 Å². The van der Waals surface area contributed by atoms with Crippen LogP contribution in [0, 0.1) is 5.92 Å². The number of hydrogen-bond acceptors (Lipinski definition) is 9. The maximum absolute atomic E-state index is 13.6. The lowest BCUT2D eigenvalue weighted by atomic mass is 9.90. The van der Waals surface area contributed by atoms with Gasteiger partial charge < -0.3 is 15.3 Å². The van der Waals surface area contributed by atoms with Gasteiger partial charge in [-0.2, -0.15) is 8.42 Å². The highest BCUT2D eigenvalue weighted by Crippen LogP contribution is 2.41. The standard InChI is InChI=1S/C32H42N6O4S.ClH/c1-30(2,3)25-14-12-22-28(35-25)38-19-20(18-31(38,4)5)11-13-23(24-17-21(15-16-33-24)32(6,7)40)34-26-9-8-10-27(36-26)43(41,42)37-29(22)39;/h8-10,12,14-17,20,23,40H,11,13,18-19H2,1-7H3,(H,34,36)(H,37,39);1H/t20-,23?;/m0./s1. The fourth-order valence-corrected chi connectivity index (χ4v) is 6.91. The molecule has 0 aliphatic carbocycles. The highest BCUT2D eigenvalue weighted by molar-refractivity contribution is 7.90. The Hall–Kier alpha value is -3.28. The summed E-state index contributed by atoms with van der Waals surface area (Å²) in [5.41, 5.74) is 0.828. The van der Waals surface area contributed by atoms with E-state index in [1.807, 2.05) is 6.07 Å². The number of sulfonamides is 1. The Morgan fingerprint density at radius 2 is 1.75 bits per heavy atom. The van der Waals surface area contributed by atoms with Crippen molar-refractivity contribution in [1.82, 2.24) is 19.7 Å². The van der Waals surface area contributed by atoms with Crippen LogP contribution in [0.5, 0.6) is 0 Å². The van der Waals surface area contributed by atoms with Crippen LogP contribution < -0.4 is 14.9 Å². The van der Waals surface area contributed by atoms with E-state index in [4.69, 9.17) is 4.98 Å². The van der Waals surface area contributed by atoms with Gasteiger partial charge in [0.15, 0.2) is 5.03 Å². The first-order chi connectivity index (χ1) is 19.9. The van der Waals surface area contributed by atoms with Crippen LogP contribution in [0.25, 0.3) is 0 Å². The second-order valence-corrected chi connectivity index (χ2v) is 15.5. The lowest BCUT2D eigenvalue weighted by Gasteiger charge is -2.34. The molecule has 4 bridgehead atoms. The predicted molar refractivity (Wildman–Crippen MR) is 174 cm³/mol. The van der Waals surface area contributed by atoms with Crippen molar-refractivity contribution in [2.24, 2.45) is 5.92 Å². The van der Waals surface area contributed by atoms with Crippen LogP contribution in [0.4, 0.5) is 11.6 Å². The molecule has 1 amide bonds. The van der Waals surface area contributed by atoms with Crippen LogP contribution in [0.3, 0.4) is 0 Å². The van der Waals surface area contributed by atoms with Crippen LogP contribution in [0.15, 0.2) is 53.7 Å². The second-order valence-electron chi connectivity index (χ2n) is 13.9. The number of halogens is 1. The van der Waals surface area contributed by atoms with Gasteiger partial charge in [0.2, 0.25) is 0 Å². The number of aromatic nitrogens is 3. The average Bonchev–Trinajstić information content (AvgIpc) is 3.23. The first kappa shape index (κ1) is 33.6. The lowest BCUT2D eigenvalue weighted by Crippen LogP contribution is -2.41. The number of nitrogens with zero attached hydrogens (tertiary/aromatic N) is 4. The van der Waals surface area contributed by atoms with E-state index in [-0.39, 0.29) is 45.9 Å². The number of hydrogen-bond donors (Lipinski definition) is 3. The van der Waals surface area contributed by atoms with Crippen LogP contribution in [0.2, 0.25) is 0 Å². The SMILES string of the molecule is CC(C)(C)c1ccc2c(n1)N1C[C@@H](CCC(c3cc(C(C)(C)O)ccn3)Nc3cccc(n3)S(=O)(=O)NC2=O)CC1(C)C.Cl. The molecule has 1 saturated heterocycles. The molecule has 2 aliphatic rings. The van der Waals surface area contributed by atoms with E-state index >= 15 is 0 Å². The molecule has 2 aliphatic heterocycles. The van der Waals surface area contributed by atoms with Gasteiger partial charge in [-0.1, -0.05) is 26.8 Å². The Bertz CT molecular complexity index is 1650. The number of rotatable bonds is 2. The molecule has 0 radical (unpaired) electrons. The van der Waals surface area contributed by atoms with Crippen molar-refractivity contribution < 1.29 is 18.3 Å². The zero-order valence-electron chi connectivity index (χ0n) is 26.4. The Kier molecular flexibility index (Phi) is 9.10. The maximum Gasteiger partial charge on any atom is 0.281 e. The molecule has 0 saturated carbocycles. The van der Waals surface area contributed by atoms with Crippen LogP contribution >= 0.6 is 12.4 Å². The van der Waals surface area contributed by atoms with Gasteiger partial charge in [0.25, 0.3) is 15.9 Å². The minimum atomic E-state index is -4.31. The van der Waals surface area contributed by atoms with Crippen molar-refractivity contribution in [2.45, 2.75) is 95.4 Å². The van der Waals surface area contributed by atoms with Gasteiger partial charge in [-0.05, 0) is 94.8 Å². The zero-order chi connectivity index (χ0) is 31.4. The van der Waals surface area contributed by atoms with Crippen molar-refractivity contribution in [3.05, 3.63) is 71.2 Å². The Labute approximate surface area is 266 Å². The predicted octanol–water partition coefficient (Wildman–Crippen LogP) is 5.49. The van der Waals surface area contributed by atoms with Gasteiger partial charge in [-0.3, -0.25) is 9.78 Å². The Morgan fingerprint density at radius 1 is 1.02 bits per heavy atom. The Balaban J connectivity index is 0.00000442. The van der Waals surface area contributed by atoms with Gasteiger partial charge >= 0.3 is 0 Å². The molecular weight excluding hydrogens is 600 g/mol. The molecule has 3 N–H and O–H groups in total. The second kappa shape index (κ2) is 11.9. The molecule has 238 valence electrons. The van der Waals surface area contributed by atoms with E-state index < -0.39 is 21.5 Å². The summed E-state index contributed by atoms with van der Waals surface area (Å²) in [6, 6.07) is 11.5. The van der Waals surface area contributed by atoms with E-state index in [0.29, 0.717) is 24.6 Å². The van der Waals surface area contributed by atoms with Crippen LogP contribution in [-0.4, -0.2) is 46.5 Å². The summed E-state index contributed by atoms with van der Waals surface area (Å²) >= 11 is 0. The van der Waals surface area contributed by atoms with Gasteiger partial charge in [-0.15, -0.1) is 12.4 Å². The summed E-state index contributed by atoms with van der Waals surface area (Å²) in [5.74, 6) is 0.359. The van der Waals surface area contributed by atoms with Crippen molar-refractivity contribution >= 4 is 40.0 Å². The summed E-state index contributed by atoms with van der Waals surface area (Å²) in [5, 5.41) is 13.8. The molecule has 10 nitrogen and oxygen atoms in total. The van der Waals surface area contributed by atoms with Crippen molar-refractivity contribution in [2.75, 3.05) is 16.8 Å². The molecule has 0 aromatic carbocycles. The molecule has 12 heteroatoms. The Morgan fingerprint density at radius 3 is 2.43 bits per heavy atom. The van der Waals surface area contributed by atoms with Gasteiger partial charge in [0.1, 0.15) is 11.6 Å². The van der Waals surface area contributed by atoms with E-state index in [9.17, 15) is 18.3 Å². The normalized spacial score (nSPS) is 21.5. The van der Waals surface area contributed by atoms with E-state index in [1.54, 1.807) is 50.4 Å². The van der Waals surface area contributed by atoms with Gasteiger partial charge in [0.05, 0.1) is 22.9 Å². The fourth-order valence-electron chi connectivity index (χ4n) is 5.97. The van der Waals surface area contributed by atoms with Gasteiger partial charge in [0, 0.05) is 29.4 Å². The van der Waals surface area contributed by atoms with E-state index in [0.717, 1.165) is 29.8 Å². The van der Waals surface area contributed by atoms with Crippen LogP contribution in [0.1, 0.15) is 101 Å². The maximum atomic E-state index is 13.6. The third-order valence-corrected chi connectivity index (χ3v) is 9.59. The third-order valence-electron chi connectivity index (χ3n) is 8.36. The number of aliphatic hydroxyl groups is 1. The van der Waals surface area contributed by atoms with E-state index in [1.165, 1.54) is 6.07 Å². The molecule has 3 aromatic rings. The summed E-state index contributed by atoms with van der Waals surface area (Å²) in [6.45, 7) is 14.6. The number of anilines is 2. The summed E-state index contributed by atoms with van der Waals surface area (Å²) < 4.78 is 29.1. The lowest BCUT2D eigenvalue weighted by molar-refractivity contribution is 0.0783. The minimum Gasteiger partial charge on any atom is -0.386 e. The monoisotopic (exact) mass is 642 g/mol. The molecule has 3 aromatic heterocycles. The molecule has 2 atom stereocenters. The summed E-state index contributed by atoms with van der Waals surface area (Å²) in [6.07, 6.45) is 4.07. The first-order valence-electron chi connectivity index (χ1n) is 14.7. The largest absolute Gasteiger partial charge is 0.386 e. The summed E-state index contributed by atoms with van der Waals surface area (Å²) in [4.78, 5) is 29.8. The summed E-state index contributed by atoms with van der Waals surface area (Å²) in [7, 11) is -4.31. The molecule has 0 spiro atoms. The third kappa shape index (κ3) is 7.00. The number of carbonyl (C=O) groups excluding carboxylic acids is 1. The average molecular weight is 643 g/mol. The molecule has 5 rings (SSSR count). The number of pyridine rings is 3. The quantitative estimate of drug-likeness (QED) is 0.331. The van der Waals surface area contributed by atoms with Crippen molar-refractivity contribution in [3.8, 4) is 0 Å². The molecule has 1 fully saturated rings. The smallest absolute Gasteiger partial charge is 0.281 e. The molecule has 1 unspecified atom stereocenters. The highest BCUT2D eigenvalue weighted by Gasteiger charge is 2.41. The van der Waals surface area contributed by atoms with E-state index in [2.05, 4.69) is 59.5 Å². The fraction of sp³-hybridized carbons (Fsp3) is 0.500. The van der Waals surface area contributed by atoms with Crippen LogP contribution in [-0.2, 0) is 21.0 Å². The first-order valence-corrected chi connectivity index (χ1v) is 16.2. The van der Waals surface area contributed by atoms with Crippen molar-refractivity contribution in [1.29, 1.82) is 0 Å². The topological polar surface area (TPSA) is 137 Å². The number of amides is 1. The highest BCUT2D eigenvalue weighted by atomic mass is 35.5. The molecule has 44 heavy (non-hydrogen) atoms. The minimum absolute atomic E-state index is 0.